The van der Waals surface area contributed by atoms with Gasteiger partial charge in [0.1, 0.15) is 11.6 Å². The number of aromatic amines is 1. The van der Waals surface area contributed by atoms with Crippen LogP contribution in [0, 0.1) is 0 Å². The molecular formula is C17H19N7OS2. The number of carbonyl (C=O) groups excluding carboxylic acids is 1. The zero-order valence-electron chi connectivity index (χ0n) is 14.6. The second-order valence-electron chi connectivity index (χ2n) is 6.04. The molecule has 0 aromatic carbocycles. The van der Waals surface area contributed by atoms with Gasteiger partial charge in [0.15, 0.2) is 0 Å². The van der Waals surface area contributed by atoms with Crippen LogP contribution in [-0.4, -0.2) is 67.9 Å². The summed E-state index contributed by atoms with van der Waals surface area (Å²) < 4.78 is 0. The van der Waals surface area contributed by atoms with E-state index in [1.807, 2.05) is 16.3 Å². The van der Waals surface area contributed by atoms with Crippen molar-refractivity contribution < 1.29 is 4.79 Å². The van der Waals surface area contributed by atoms with Crippen molar-refractivity contribution in [2.45, 2.75) is 11.6 Å². The number of anilines is 1. The number of aromatic nitrogens is 5. The van der Waals surface area contributed by atoms with Gasteiger partial charge >= 0.3 is 0 Å². The molecule has 1 fully saturated rings. The highest BCUT2D eigenvalue weighted by Crippen LogP contribution is 2.18. The first kappa shape index (κ1) is 17.9. The zero-order valence-corrected chi connectivity index (χ0v) is 16.2. The molecule has 0 radical (unpaired) electrons. The van der Waals surface area contributed by atoms with E-state index in [-0.39, 0.29) is 5.91 Å². The number of piperazine rings is 1. The molecule has 0 spiro atoms. The Morgan fingerprint density at radius 1 is 1.26 bits per heavy atom. The lowest BCUT2D eigenvalue weighted by Crippen LogP contribution is -2.49. The Balaban J connectivity index is 1.24. The summed E-state index contributed by atoms with van der Waals surface area (Å²) in [5, 5.41) is 9.82. The van der Waals surface area contributed by atoms with Gasteiger partial charge in [-0.25, -0.2) is 9.97 Å². The number of hydrogen-bond acceptors (Lipinski definition) is 8. The maximum atomic E-state index is 12.5. The average Bonchev–Trinajstić information content (AvgIpc) is 3.39. The van der Waals surface area contributed by atoms with Crippen LogP contribution in [0.1, 0.15) is 10.7 Å². The summed E-state index contributed by atoms with van der Waals surface area (Å²) in [5.41, 5.74) is 0. The molecule has 140 valence electrons. The predicted molar refractivity (Wildman–Crippen MR) is 105 cm³/mol. The molecule has 4 rings (SSSR count). The normalized spacial score (nSPS) is 14.5. The topological polar surface area (TPSA) is 90.9 Å². The van der Waals surface area contributed by atoms with Gasteiger partial charge in [-0.2, -0.15) is 0 Å². The third kappa shape index (κ3) is 4.64. The summed E-state index contributed by atoms with van der Waals surface area (Å²) in [6.45, 7) is 2.91. The zero-order chi connectivity index (χ0) is 18.5. The van der Waals surface area contributed by atoms with Crippen LogP contribution in [0.4, 0.5) is 5.82 Å². The Hall–Kier alpha value is -2.46. The predicted octanol–water partition coefficient (Wildman–Crippen LogP) is 1.69. The number of rotatable bonds is 6. The molecule has 8 nitrogen and oxygen atoms in total. The van der Waals surface area contributed by atoms with Crippen molar-refractivity contribution in [3.05, 3.63) is 46.8 Å². The molecule has 1 aliphatic heterocycles. The summed E-state index contributed by atoms with van der Waals surface area (Å²) in [7, 11) is 0. The van der Waals surface area contributed by atoms with E-state index in [0.717, 1.165) is 31.2 Å². The van der Waals surface area contributed by atoms with Crippen molar-refractivity contribution >= 4 is 34.8 Å². The average molecular weight is 402 g/mol. The van der Waals surface area contributed by atoms with Gasteiger partial charge in [-0.1, -0.05) is 17.8 Å². The highest BCUT2D eigenvalue weighted by Gasteiger charge is 2.22. The Kier molecular flexibility index (Phi) is 5.64. The van der Waals surface area contributed by atoms with Gasteiger partial charge in [-0.3, -0.25) is 14.9 Å². The van der Waals surface area contributed by atoms with E-state index >= 15 is 0 Å². The van der Waals surface area contributed by atoms with Crippen molar-refractivity contribution in [2.75, 3.05) is 36.8 Å². The molecule has 1 N–H and O–H groups in total. The molecule has 3 aromatic rings. The van der Waals surface area contributed by atoms with Crippen LogP contribution in [0.5, 0.6) is 0 Å². The molecule has 3 aromatic heterocycles. The van der Waals surface area contributed by atoms with Crippen molar-refractivity contribution in [3.8, 4) is 0 Å². The minimum atomic E-state index is 0.114. The Morgan fingerprint density at radius 2 is 2.15 bits per heavy atom. The lowest BCUT2D eigenvalue weighted by atomic mass is 10.3. The van der Waals surface area contributed by atoms with Crippen molar-refractivity contribution in [1.29, 1.82) is 0 Å². The van der Waals surface area contributed by atoms with Crippen LogP contribution in [0.25, 0.3) is 0 Å². The van der Waals surface area contributed by atoms with Crippen LogP contribution in [0.15, 0.2) is 41.3 Å². The molecule has 0 saturated carbocycles. The van der Waals surface area contributed by atoms with E-state index in [1.165, 1.54) is 16.6 Å². The minimum absolute atomic E-state index is 0.114. The molecule has 1 amide bonds. The van der Waals surface area contributed by atoms with E-state index in [0.29, 0.717) is 24.0 Å². The molecular weight excluding hydrogens is 382 g/mol. The van der Waals surface area contributed by atoms with Gasteiger partial charge < -0.3 is 9.80 Å². The van der Waals surface area contributed by atoms with Gasteiger partial charge in [-0.15, -0.1) is 16.4 Å². The van der Waals surface area contributed by atoms with Crippen LogP contribution in [0.2, 0.25) is 0 Å². The van der Waals surface area contributed by atoms with Crippen molar-refractivity contribution in [1.82, 2.24) is 30.0 Å². The first-order chi connectivity index (χ1) is 13.3. The fraction of sp³-hybridized carbons (Fsp3) is 0.353. The number of H-pyrrole nitrogens is 1. The highest BCUT2D eigenvalue weighted by atomic mass is 32.2. The van der Waals surface area contributed by atoms with Gasteiger partial charge in [0.05, 0.1) is 11.9 Å². The third-order valence-corrected chi connectivity index (χ3v) is 5.97. The lowest BCUT2D eigenvalue weighted by Gasteiger charge is -2.35. The fourth-order valence-electron chi connectivity index (χ4n) is 2.86. The van der Waals surface area contributed by atoms with Gasteiger partial charge in [0.25, 0.3) is 0 Å². The van der Waals surface area contributed by atoms with Gasteiger partial charge in [0, 0.05) is 49.9 Å². The second-order valence-corrected chi connectivity index (χ2v) is 8.02. The van der Waals surface area contributed by atoms with Crippen molar-refractivity contribution in [2.24, 2.45) is 0 Å². The van der Waals surface area contributed by atoms with Crippen LogP contribution in [-0.2, 0) is 11.2 Å². The molecule has 0 atom stereocenters. The first-order valence-electron chi connectivity index (χ1n) is 8.63. The maximum Gasteiger partial charge on any atom is 0.233 e. The molecule has 1 saturated heterocycles. The third-order valence-electron chi connectivity index (χ3n) is 4.26. The second kappa shape index (κ2) is 8.49. The first-order valence-corrected chi connectivity index (χ1v) is 10.5. The van der Waals surface area contributed by atoms with Gasteiger partial charge in [0.2, 0.25) is 11.1 Å². The number of thiophene rings is 1. The van der Waals surface area contributed by atoms with Crippen LogP contribution in [0.3, 0.4) is 0 Å². The summed E-state index contributed by atoms with van der Waals surface area (Å²) in [5.74, 6) is 2.15. The van der Waals surface area contributed by atoms with E-state index in [9.17, 15) is 4.79 Å². The highest BCUT2D eigenvalue weighted by molar-refractivity contribution is 7.99. The van der Waals surface area contributed by atoms with E-state index in [4.69, 9.17) is 0 Å². The monoisotopic (exact) mass is 401 g/mol. The minimum Gasteiger partial charge on any atom is -0.352 e. The van der Waals surface area contributed by atoms with E-state index < -0.39 is 0 Å². The number of hydrogen-bond donors (Lipinski definition) is 1. The number of thioether (sulfide) groups is 1. The number of amides is 1. The van der Waals surface area contributed by atoms with E-state index in [2.05, 4.69) is 36.1 Å². The SMILES string of the molecule is O=C(CSc1n[nH]c(Cc2cccs2)n1)N1CCN(c2cnccn2)CC1. The lowest BCUT2D eigenvalue weighted by molar-refractivity contribution is -0.128. The standard InChI is InChI=1S/C17H19N7OS2/c25-16(24-7-5-23(6-8-24)15-11-18-3-4-19-15)12-27-17-20-14(21-22-17)10-13-2-1-9-26-13/h1-4,9,11H,5-8,10,12H2,(H,20,21,22). The summed E-state index contributed by atoms with van der Waals surface area (Å²) in [4.78, 5) is 30.6. The molecule has 27 heavy (non-hydrogen) atoms. The molecule has 4 heterocycles. The van der Waals surface area contributed by atoms with Crippen LogP contribution < -0.4 is 4.90 Å². The number of carbonyl (C=O) groups is 1. The van der Waals surface area contributed by atoms with Gasteiger partial charge in [-0.05, 0) is 11.4 Å². The number of nitrogens with zero attached hydrogens (tertiary/aromatic N) is 6. The fourth-order valence-corrected chi connectivity index (χ4v) is 4.29. The Morgan fingerprint density at radius 3 is 2.89 bits per heavy atom. The van der Waals surface area contributed by atoms with E-state index in [1.54, 1.807) is 29.9 Å². The summed E-state index contributed by atoms with van der Waals surface area (Å²) in [6, 6.07) is 4.10. The quantitative estimate of drug-likeness (QED) is 0.629. The largest absolute Gasteiger partial charge is 0.352 e. The summed E-state index contributed by atoms with van der Waals surface area (Å²) >= 11 is 3.07. The molecule has 0 unspecified atom stereocenters. The molecule has 0 bridgehead atoms. The molecule has 0 aliphatic carbocycles. The Labute approximate surface area is 165 Å². The molecule has 1 aliphatic rings. The van der Waals surface area contributed by atoms with Crippen LogP contribution >= 0.6 is 23.1 Å². The Bertz CT molecular complexity index is 861. The maximum absolute atomic E-state index is 12.5. The van der Waals surface area contributed by atoms with Crippen molar-refractivity contribution in [3.63, 3.8) is 0 Å². The smallest absolute Gasteiger partial charge is 0.233 e. The molecule has 10 heteroatoms. The number of nitrogens with one attached hydrogen (secondary N) is 1. The summed E-state index contributed by atoms with van der Waals surface area (Å²) in [6.07, 6.45) is 5.84.